The molecule has 4 aliphatic rings. The molecule has 2 nitrogen and oxygen atoms in total. The Labute approximate surface area is 164 Å². The maximum atomic E-state index is 5.70. The minimum Gasteiger partial charge on any atom is -0.359 e. The third-order valence-corrected chi connectivity index (χ3v) is 7.59. The minimum absolute atomic E-state index is 0.497. The normalized spacial score (nSPS) is 33.3. The Hall–Kier alpha value is -1.09. The molecular formula is C23H34N2S. The van der Waals surface area contributed by atoms with Gasteiger partial charge in [-0.25, -0.2) is 0 Å². The first-order valence-electron chi connectivity index (χ1n) is 10.6. The highest BCUT2D eigenvalue weighted by atomic mass is 32.1. The quantitative estimate of drug-likeness (QED) is 0.613. The van der Waals surface area contributed by atoms with Gasteiger partial charge in [-0.15, -0.1) is 0 Å². The van der Waals surface area contributed by atoms with E-state index in [-0.39, 0.29) is 0 Å². The van der Waals surface area contributed by atoms with Gasteiger partial charge >= 0.3 is 0 Å². The fourth-order valence-electron chi connectivity index (χ4n) is 6.57. The Morgan fingerprint density at radius 1 is 1.04 bits per heavy atom. The van der Waals surface area contributed by atoms with E-state index in [9.17, 15) is 0 Å². The monoisotopic (exact) mass is 370 g/mol. The van der Waals surface area contributed by atoms with Gasteiger partial charge < -0.3 is 10.6 Å². The van der Waals surface area contributed by atoms with E-state index in [1.54, 1.807) is 0 Å². The van der Waals surface area contributed by atoms with Crippen LogP contribution >= 0.6 is 12.2 Å². The zero-order chi connectivity index (χ0) is 18.3. The molecule has 3 heteroatoms. The lowest BCUT2D eigenvalue weighted by atomic mass is 9.47. The smallest absolute Gasteiger partial charge is 0.171 e. The molecule has 0 heterocycles. The number of benzene rings is 1. The van der Waals surface area contributed by atoms with Crippen LogP contribution in [0.2, 0.25) is 0 Å². The summed E-state index contributed by atoms with van der Waals surface area (Å²) in [4.78, 5) is 0. The predicted octanol–water partition coefficient (Wildman–Crippen LogP) is 6.09. The number of hydrogen-bond donors (Lipinski definition) is 2. The third-order valence-electron chi connectivity index (χ3n) is 7.37. The molecule has 0 radical (unpaired) electrons. The van der Waals surface area contributed by atoms with Crippen LogP contribution in [0.25, 0.3) is 0 Å². The number of thiocarbonyl (C=S) groups is 1. The molecule has 142 valence electrons. The molecular weight excluding hydrogens is 336 g/mol. The van der Waals surface area contributed by atoms with Gasteiger partial charge in [-0.05, 0) is 104 Å². The average Bonchev–Trinajstić information content (AvgIpc) is 2.59. The first kappa shape index (κ1) is 18.3. The largest absolute Gasteiger partial charge is 0.359 e. The van der Waals surface area contributed by atoms with Gasteiger partial charge in [-0.2, -0.15) is 0 Å². The molecule has 0 aromatic heterocycles. The molecule has 1 aromatic rings. The van der Waals surface area contributed by atoms with Crippen molar-refractivity contribution in [2.24, 2.45) is 23.2 Å². The van der Waals surface area contributed by atoms with Crippen LogP contribution in [0.3, 0.4) is 0 Å². The van der Waals surface area contributed by atoms with Gasteiger partial charge in [0.15, 0.2) is 5.11 Å². The summed E-state index contributed by atoms with van der Waals surface area (Å²) in [7, 11) is 0. The second-order valence-electron chi connectivity index (χ2n) is 9.62. The standard InChI is InChI=1S/C23H34N2S/c1-4-21(23-12-16-9-17(13-23)11-18(10-16)14-23)25-22(26)24-20-7-5-19(6-8-20)15(2)3/h5-8,15-18,21H,4,9-14H2,1-3H3,(H2,24,25,26). The highest BCUT2D eigenvalue weighted by Gasteiger charge is 2.53. The lowest BCUT2D eigenvalue weighted by Crippen LogP contribution is -2.57. The summed E-state index contributed by atoms with van der Waals surface area (Å²) in [5.41, 5.74) is 2.96. The highest BCUT2D eigenvalue weighted by Crippen LogP contribution is 2.61. The zero-order valence-electron chi connectivity index (χ0n) is 16.6. The van der Waals surface area contributed by atoms with E-state index in [0.717, 1.165) is 28.6 Å². The van der Waals surface area contributed by atoms with Gasteiger partial charge in [0.2, 0.25) is 0 Å². The summed E-state index contributed by atoms with van der Waals surface area (Å²) in [6, 6.07) is 9.22. The Bertz CT molecular complexity index is 613. The molecule has 4 fully saturated rings. The maximum Gasteiger partial charge on any atom is 0.171 e. The maximum absolute atomic E-state index is 5.70. The molecule has 2 N–H and O–H groups in total. The van der Waals surface area contributed by atoms with E-state index < -0.39 is 0 Å². The van der Waals surface area contributed by atoms with Crippen LogP contribution in [0.5, 0.6) is 0 Å². The lowest BCUT2D eigenvalue weighted by molar-refractivity contribution is -0.0709. The molecule has 0 spiro atoms. The minimum atomic E-state index is 0.497. The third kappa shape index (κ3) is 3.52. The molecule has 4 aliphatic carbocycles. The van der Waals surface area contributed by atoms with Crippen LogP contribution in [0, 0.1) is 23.2 Å². The molecule has 0 amide bonds. The summed E-state index contributed by atoms with van der Waals surface area (Å²) < 4.78 is 0. The average molecular weight is 371 g/mol. The van der Waals surface area contributed by atoms with Gasteiger partial charge in [0.05, 0.1) is 0 Å². The van der Waals surface area contributed by atoms with Crippen molar-refractivity contribution >= 4 is 23.0 Å². The number of nitrogens with one attached hydrogen (secondary N) is 2. The van der Waals surface area contributed by atoms with Crippen molar-refractivity contribution in [2.75, 3.05) is 5.32 Å². The van der Waals surface area contributed by atoms with Crippen LogP contribution in [-0.4, -0.2) is 11.2 Å². The fraction of sp³-hybridized carbons (Fsp3) is 0.696. The summed E-state index contributed by atoms with van der Waals surface area (Å²) >= 11 is 5.70. The van der Waals surface area contributed by atoms with E-state index in [1.165, 1.54) is 50.5 Å². The van der Waals surface area contributed by atoms with Gasteiger partial charge in [-0.3, -0.25) is 0 Å². The molecule has 4 saturated carbocycles. The van der Waals surface area contributed by atoms with Gasteiger partial charge in [-0.1, -0.05) is 32.9 Å². The Kier molecular flexibility index (Phi) is 5.02. The van der Waals surface area contributed by atoms with E-state index in [2.05, 4.69) is 55.7 Å². The first-order valence-corrected chi connectivity index (χ1v) is 11.1. The molecule has 1 aromatic carbocycles. The van der Waals surface area contributed by atoms with Crippen LogP contribution in [0.4, 0.5) is 5.69 Å². The van der Waals surface area contributed by atoms with Crippen molar-refractivity contribution in [2.45, 2.75) is 77.7 Å². The van der Waals surface area contributed by atoms with E-state index in [0.29, 0.717) is 17.4 Å². The van der Waals surface area contributed by atoms with Gasteiger partial charge in [0, 0.05) is 11.7 Å². The van der Waals surface area contributed by atoms with E-state index >= 15 is 0 Å². The summed E-state index contributed by atoms with van der Waals surface area (Å²) in [5.74, 6) is 3.53. The van der Waals surface area contributed by atoms with Crippen LogP contribution in [0.1, 0.15) is 77.2 Å². The van der Waals surface area contributed by atoms with Crippen molar-refractivity contribution < 1.29 is 0 Å². The van der Waals surface area contributed by atoms with Crippen LogP contribution in [-0.2, 0) is 0 Å². The van der Waals surface area contributed by atoms with Crippen LogP contribution < -0.4 is 10.6 Å². The second kappa shape index (κ2) is 7.14. The summed E-state index contributed by atoms with van der Waals surface area (Å²) in [6.07, 6.45) is 9.95. The van der Waals surface area contributed by atoms with E-state index in [4.69, 9.17) is 12.2 Å². The molecule has 0 aliphatic heterocycles. The van der Waals surface area contributed by atoms with E-state index in [1.807, 2.05) is 0 Å². The first-order chi connectivity index (χ1) is 12.5. The predicted molar refractivity (Wildman–Crippen MR) is 115 cm³/mol. The van der Waals surface area contributed by atoms with Gasteiger partial charge in [0.25, 0.3) is 0 Å². The van der Waals surface area contributed by atoms with Crippen molar-refractivity contribution in [3.8, 4) is 0 Å². The number of anilines is 1. The SMILES string of the molecule is CCC(NC(=S)Nc1ccc(C(C)C)cc1)C12CC3CC(CC(C3)C1)C2. The molecule has 1 atom stereocenters. The Balaban J connectivity index is 1.41. The van der Waals surface area contributed by atoms with Crippen molar-refractivity contribution in [3.63, 3.8) is 0 Å². The summed E-state index contributed by atoms with van der Waals surface area (Å²) in [6.45, 7) is 6.79. The Morgan fingerprint density at radius 2 is 1.58 bits per heavy atom. The van der Waals surface area contributed by atoms with Crippen LogP contribution in [0.15, 0.2) is 24.3 Å². The molecule has 26 heavy (non-hydrogen) atoms. The zero-order valence-corrected chi connectivity index (χ0v) is 17.4. The Morgan fingerprint density at radius 3 is 2.04 bits per heavy atom. The molecule has 5 rings (SSSR count). The van der Waals surface area contributed by atoms with Crippen molar-refractivity contribution in [3.05, 3.63) is 29.8 Å². The molecule has 0 saturated heterocycles. The highest BCUT2D eigenvalue weighted by molar-refractivity contribution is 7.80. The molecule has 1 unspecified atom stereocenters. The fourth-order valence-corrected chi connectivity index (χ4v) is 6.83. The molecule has 4 bridgehead atoms. The van der Waals surface area contributed by atoms with Gasteiger partial charge in [0.1, 0.15) is 0 Å². The lowest BCUT2D eigenvalue weighted by Gasteiger charge is -2.59. The number of rotatable bonds is 5. The topological polar surface area (TPSA) is 24.1 Å². The number of hydrogen-bond acceptors (Lipinski definition) is 1. The summed E-state index contributed by atoms with van der Waals surface area (Å²) in [5, 5.41) is 7.95. The second-order valence-corrected chi connectivity index (χ2v) is 10.0. The van der Waals surface area contributed by atoms with Crippen molar-refractivity contribution in [1.82, 2.24) is 5.32 Å². The van der Waals surface area contributed by atoms with Crippen molar-refractivity contribution in [1.29, 1.82) is 0 Å².